The lowest BCUT2D eigenvalue weighted by Crippen LogP contribution is -2.45. The monoisotopic (exact) mass is 278 g/mol. The van der Waals surface area contributed by atoms with Gasteiger partial charge in [0.15, 0.2) is 0 Å². The normalized spacial score (nSPS) is 23.3. The van der Waals surface area contributed by atoms with E-state index in [0.717, 1.165) is 25.8 Å². The van der Waals surface area contributed by atoms with Crippen molar-refractivity contribution in [2.75, 3.05) is 13.2 Å². The molecule has 0 bridgehead atoms. The lowest BCUT2D eigenvalue weighted by molar-refractivity contribution is -0.00159. The van der Waals surface area contributed by atoms with Gasteiger partial charge in [-0.2, -0.15) is 0 Å². The molecular formula is C17H30N2O. The van der Waals surface area contributed by atoms with Crippen LogP contribution in [0.4, 0.5) is 0 Å². The molecule has 3 heteroatoms. The van der Waals surface area contributed by atoms with Crippen LogP contribution in [0, 0.1) is 5.92 Å². The Morgan fingerprint density at radius 2 is 2.20 bits per heavy atom. The number of rotatable bonds is 10. The predicted molar refractivity (Wildman–Crippen MR) is 87.3 cm³/mol. The lowest BCUT2D eigenvalue weighted by Gasteiger charge is -2.35. The first-order chi connectivity index (χ1) is 9.65. The van der Waals surface area contributed by atoms with E-state index in [0.29, 0.717) is 24.7 Å². The second-order valence-corrected chi connectivity index (χ2v) is 5.90. The van der Waals surface area contributed by atoms with E-state index in [-0.39, 0.29) is 0 Å². The van der Waals surface area contributed by atoms with Gasteiger partial charge in [0.05, 0.1) is 12.7 Å². The minimum Gasteiger partial charge on any atom is -0.374 e. The van der Waals surface area contributed by atoms with Crippen molar-refractivity contribution in [3.8, 4) is 0 Å². The SMILES string of the molecule is C=N/C=C(\C=C/COC1CC(NCC)C1)CCC(C)C. The molecular weight excluding hydrogens is 248 g/mol. The van der Waals surface area contributed by atoms with E-state index in [1.165, 1.54) is 12.0 Å². The summed E-state index contributed by atoms with van der Waals surface area (Å²) >= 11 is 0. The first-order valence-corrected chi connectivity index (χ1v) is 7.82. The summed E-state index contributed by atoms with van der Waals surface area (Å²) in [6, 6.07) is 0.667. The van der Waals surface area contributed by atoms with Gasteiger partial charge < -0.3 is 10.1 Å². The van der Waals surface area contributed by atoms with Gasteiger partial charge in [0.25, 0.3) is 0 Å². The van der Waals surface area contributed by atoms with E-state index in [2.05, 4.69) is 49.9 Å². The average molecular weight is 278 g/mol. The molecule has 0 atom stereocenters. The Kier molecular flexibility index (Phi) is 8.47. The lowest BCUT2D eigenvalue weighted by atomic mass is 9.89. The van der Waals surface area contributed by atoms with Crippen molar-refractivity contribution in [1.82, 2.24) is 5.32 Å². The molecule has 1 aliphatic rings. The van der Waals surface area contributed by atoms with Gasteiger partial charge in [0, 0.05) is 12.2 Å². The maximum atomic E-state index is 5.81. The maximum Gasteiger partial charge on any atom is 0.0654 e. The van der Waals surface area contributed by atoms with Gasteiger partial charge in [-0.15, -0.1) is 0 Å². The quantitative estimate of drug-likeness (QED) is 0.488. The number of hydrogen-bond acceptors (Lipinski definition) is 3. The van der Waals surface area contributed by atoms with E-state index < -0.39 is 0 Å². The van der Waals surface area contributed by atoms with Gasteiger partial charge in [0.1, 0.15) is 0 Å². The number of hydrogen-bond donors (Lipinski definition) is 1. The molecule has 0 aliphatic heterocycles. The van der Waals surface area contributed by atoms with Crippen molar-refractivity contribution in [2.24, 2.45) is 10.9 Å². The van der Waals surface area contributed by atoms with E-state index in [4.69, 9.17) is 4.74 Å². The highest BCUT2D eigenvalue weighted by Crippen LogP contribution is 2.23. The van der Waals surface area contributed by atoms with Crippen LogP contribution in [-0.2, 0) is 4.74 Å². The maximum absolute atomic E-state index is 5.81. The van der Waals surface area contributed by atoms with Crippen LogP contribution in [0.5, 0.6) is 0 Å². The summed E-state index contributed by atoms with van der Waals surface area (Å²) in [5.74, 6) is 0.714. The predicted octanol–water partition coefficient (Wildman–Crippen LogP) is 3.72. The molecule has 0 unspecified atom stereocenters. The van der Waals surface area contributed by atoms with Crippen LogP contribution in [-0.4, -0.2) is 32.0 Å². The van der Waals surface area contributed by atoms with Crippen molar-refractivity contribution in [1.29, 1.82) is 0 Å². The second kappa shape index (κ2) is 9.89. The first-order valence-electron chi connectivity index (χ1n) is 7.82. The summed E-state index contributed by atoms with van der Waals surface area (Å²) < 4.78 is 5.81. The minimum atomic E-state index is 0.435. The summed E-state index contributed by atoms with van der Waals surface area (Å²) in [5.41, 5.74) is 1.23. The molecule has 1 saturated carbocycles. The van der Waals surface area contributed by atoms with Crippen LogP contribution < -0.4 is 5.32 Å². The molecule has 1 aliphatic carbocycles. The summed E-state index contributed by atoms with van der Waals surface area (Å²) in [5, 5.41) is 3.44. The van der Waals surface area contributed by atoms with Crippen LogP contribution in [0.25, 0.3) is 0 Å². The number of aliphatic imine (C=N–C) groups is 1. The van der Waals surface area contributed by atoms with Crippen LogP contribution in [0.15, 0.2) is 28.9 Å². The minimum absolute atomic E-state index is 0.435. The molecule has 0 radical (unpaired) electrons. The Bertz CT molecular complexity index is 328. The summed E-state index contributed by atoms with van der Waals surface area (Å²) in [6.45, 7) is 11.9. The van der Waals surface area contributed by atoms with Gasteiger partial charge >= 0.3 is 0 Å². The van der Waals surface area contributed by atoms with Gasteiger partial charge in [0.2, 0.25) is 0 Å². The third kappa shape index (κ3) is 7.01. The molecule has 1 rings (SSSR count). The van der Waals surface area contributed by atoms with E-state index in [1.807, 2.05) is 6.20 Å². The topological polar surface area (TPSA) is 33.6 Å². The summed E-state index contributed by atoms with van der Waals surface area (Å²) in [4.78, 5) is 3.87. The molecule has 114 valence electrons. The summed E-state index contributed by atoms with van der Waals surface area (Å²) in [7, 11) is 0. The molecule has 0 aromatic heterocycles. The Morgan fingerprint density at radius 1 is 1.45 bits per heavy atom. The molecule has 3 nitrogen and oxygen atoms in total. The Balaban J connectivity index is 2.18. The molecule has 1 fully saturated rings. The zero-order valence-electron chi connectivity index (χ0n) is 13.3. The molecule has 0 aromatic rings. The van der Waals surface area contributed by atoms with E-state index >= 15 is 0 Å². The smallest absolute Gasteiger partial charge is 0.0654 e. The van der Waals surface area contributed by atoms with Crippen molar-refractivity contribution in [3.05, 3.63) is 23.9 Å². The van der Waals surface area contributed by atoms with Crippen molar-refractivity contribution >= 4 is 6.72 Å². The highest BCUT2D eigenvalue weighted by molar-refractivity contribution is 5.29. The molecule has 0 amide bonds. The van der Waals surface area contributed by atoms with Crippen LogP contribution in [0.1, 0.15) is 46.5 Å². The van der Waals surface area contributed by atoms with Crippen LogP contribution >= 0.6 is 0 Å². The van der Waals surface area contributed by atoms with Gasteiger partial charge in [-0.05, 0) is 50.4 Å². The van der Waals surface area contributed by atoms with Crippen LogP contribution in [0.3, 0.4) is 0 Å². The van der Waals surface area contributed by atoms with Crippen molar-refractivity contribution in [2.45, 2.75) is 58.6 Å². The fraction of sp³-hybridized carbons (Fsp3) is 0.706. The molecule has 20 heavy (non-hydrogen) atoms. The van der Waals surface area contributed by atoms with Gasteiger partial charge in [-0.25, -0.2) is 0 Å². The fourth-order valence-electron chi connectivity index (χ4n) is 2.31. The van der Waals surface area contributed by atoms with E-state index in [1.54, 1.807) is 0 Å². The third-order valence-electron chi connectivity index (χ3n) is 3.62. The Labute approximate surface area is 124 Å². The summed E-state index contributed by atoms with van der Waals surface area (Å²) in [6.07, 6.45) is 11.0. The molecule has 1 N–H and O–H groups in total. The number of ether oxygens (including phenoxy) is 1. The number of allylic oxidation sites excluding steroid dienone is 2. The van der Waals surface area contributed by atoms with Crippen LogP contribution in [0.2, 0.25) is 0 Å². The molecule has 0 spiro atoms. The van der Waals surface area contributed by atoms with Crippen molar-refractivity contribution in [3.63, 3.8) is 0 Å². The van der Waals surface area contributed by atoms with Gasteiger partial charge in [-0.3, -0.25) is 4.99 Å². The Morgan fingerprint density at radius 3 is 2.80 bits per heavy atom. The van der Waals surface area contributed by atoms with Crippen molar-refractivity contribution < 1.29 is 4.74 Å². The highest BCUT2D eigenvalue weighted by Gasteiger charge is 2.28. The first kappa shape index (κ1) is 17.1. The number of nitrogens with zero attached hydrogens (tertiary/aromatic N) is 1. The standard InChI is InChI=1S/C17H30N2O/c1-5-19-16-11-17(12-16)20-10-6-7-15(13-18-4)9-8-14(2)3/h6-7,13-14,16-17,19H,4-5,8-12H2,1-3H3/b7-6-,15-13+. The van der Waals surface area contributed by atoms with Gasteiger partial charge in [-0.1, -0.05) is 32.9 Å². The zero-order valence-corrected chi connectivity index (χ0v) is 13.3. The number of nitrogens with one attached hydrogen (secondary N) is 1. The third-order valence-corrected chi connectivity index (χ3v) is 3.62. The average Bonchev–Trinajstić information content (AvgIpc) is 2.37. The zero-order chi connectivity index (χ0) is 14.8. The Hall–Kier alpha value is -0.930. The van der Waals surface area contributed by atoms with E-state index in [9.17, 15) is 0 Å². The molecule has 0 saturated heterocycles. The fourth-order valence-corrected chi connectivity index (χ4v) is 2.31. The molecule has 0 aromatic carbocycles. The largest absolute Gasteiger partial charge is 0.374 e. The second-order valence-electron chi connectivity index (χ2n) is 5.90. The highest BCUT2D eigenvalue weighted by atomic mass is 16.5. The molecule has 0 heterocycles.